The second kappa shape index (κ2) is 10.6. The Morgan fingerprint density at radius 2 is 1.53 bits per heavy atom. The van der Waals surface area contributed by atoms with Crippen LogP contribution in [0.25, 0.3) is 0 Å². The van der Waals surface area contributed by atoms with Crippen molar-refractivity contribution in [2.24, 2.45) is 7.05 Å². The quantitative estimate of drug-likeness (QED) is 0.650. The molecule has 2 amide bonds. The highest BCUT2D eigenvalue weighted by molar-refractivity contribution is 5.72. The average Bonchev–Trinajstić information content (AvgIpc) is 2.64. The van der Waals surface area contributed by atoms with Gasteiger partial charge in [-0.1, -0.05) is 5.21 Å². The summed E-state index contributed by atoms with van der Waals surface area (Å²) in [6.07, 6.45) is 1.86. The summed E-state index contributed by atoms with van der Waals surface area (Å²) in [5.74, 6) is 0.00926. The van der Waals surface area contributed by atoms with Gasteiger partial charge in [-0.2, -0.15) is 0 Å². The predicted octanol–water partition coefficient (Wildman–Crippen LogP) is -0.372. The van der Waals surface area contributed by atoms with Gasteiger partial charge in [0.2, 0.25) is 11.8 Å². The number of carbonyl (C=O) groups excluding carboxylic acids is 2. The largest absolute Gasteiger partial charge is 0.359 e. The van der Waals surface area contributed by atoms with Crippen molar-refractivity contribution in [2.75, 3.05) is 14.1 Å². The lowest BCUT2D eigenvalue weighted by atomic mass is 10.6. The maximum absolute atomic E-state index is 9.70. The van der Waals surface area contributed by atoms with Crippen molar-refractivity contribution in [1.29, 1.82) is 0 Å². The van der Waals surface area contributed by atoms with E-state index in [1.807, 2.05) is 20.2 Å². The predicted molar refractivity (Wildman–Crippen MR) is 65.2 cm³/mol. The van der Waals surface area contributed by atoms with Gasteiger partial charge in [0, 0.05) is 41.2 Å². The molecule has 1 aromatic rings. The highest BCUT2D eigenvalue weighted by Gasteiger charge is 1.83. The fraction of sp³-hybridized carbons (Fsp3) is 0.600. The van der Waals surface area contributed by atoms with E-state index in [-0.39, 0.29) is 11.8 Å². The number of carbonyl (C=O) groups is 2. The third-order valence-electron chi connectivity index (χ3n) is 1.42. The lowest BCUT2D eigenvalue weighted by Crippen LogP contribution is -2.11. The summed E-state index contributed by atoms with van der Waals surface area (Å²) < 4.78 is 1.68. The number of hydrogen-bond donors (Lipinski definition) is 2. The number of rotatable bonds is 0. The molecule has 2 N–H and O–H groups in total. The van der Waals surface area contributed by atoms with Crippen molar-refractivity contribution in [1.82, 2.24) is 25.6 Å². The molecule has 7 nitrogen and oxygen atoms in total. The minimum atomic E-state index is 0.00463. The van der Waals surface area contributed by atoms with E-state index in [1.165, 1.54) is 13.8 Å². The standard InChI is InChI=1S/C4H7N3.2C3H7NO/c1-4-3-7(2)6-5-4;2*1-3(5)4-2/h3H,1-2H3;2*1-2H3,(H,4,5). The summed E-state index contributed by atoms with van der Waals surface area (Å²) in [6.45, 7) is 4.85. The molecule has 98 valence electrons. The normalized spacial score (nSPS) is 7.88. The van der Waals surface area contributed by atoms with Crippen LogP contribution in [0, 0.1) is 6.92 Å². The summed E-state index contributed by atoms with van der Waals surface area (Å²) in [5.41, 5.74) is 0.961. The first kappa shape index (κ1) is 17.5. The molecule has 0 atom stereocenters. The Morgan fingerprint density at radius 1 is 1.18 bits per heavy atom. The second-order valence-electron chi connectivity index (χ2n) is 3.15. The molecule has 0 saturated carbocycles. The van der Waals surface area contributed by atoms with Gasteiger partial charge < -0.3 is 10.6 Å². The van der Waals surface area contributed by atoms with Gasteiger partial charge >= 0.3 is 0 Å². The molecule has 1 aromatic heterocycles. The Bertz CT molecular complexity index is 305. The molecule has 0 spiro atoms. The topological polar surface area (TPSA) is 88.9 Å². The van der Waals surface area contributed by atoms with Crippen LogP contribution in [-0.2, 0) is 16.6 Å². The number of aromatic nitrogens is 3. The molecule has 0 fully saturated rings. The van der Waals surface area contributed by atoms with Gasteiger partial charge in [-0.15, -0.1) is 5.10 Å². The molecule has 0 radical (unpaired) electrons. The first-order valence-corrected chi connectivity index (χ1v) is 5.03. The highest BCUT2D eigenvalue weighted by Crippen LogP contribution is 1.82. The molecular weight excluding hydrogens is 222 g/mol. The molecule has 0 aliphatic carbocycles. The zero-order valence-corrected chi connectivity index (χ0v) is 11.2. The van der Waals surface area contributed by atoms with E-state index < -0.39 is 0 Å². The molecule has 0 aromatic carbocycles. The van der Waals surface area contributed by atoms with Crippen LogP contribution in [0.15, 0.2) is 6.20 Å². The molecule has 0 aliphatic heterocycles. The van der Waals surface area contributed by atoms with Gasteiger partial charge in [-0.25, -0.2) is 0 Å². The first-order chi connectivity index (χ1) is 7.83. The van der Waals surface area contributed by atoms with Gasteiger partial charge in [-0.05, 0) is 6.92 Å². The van der Waals surface area contributed by atoms with Crippen LogP contribution in [0.2, 0.25) is 0 Å². The van der Waals surface area contributed by atoms with Crippen molar-refractivity contribution >= 4 is 11.8 Å². The zero-order chi connectivity index (χ0) is 13.8. The molecular formula is C10H21N5O2. The third-order valence-corrected chi connectivity index (χ3v) is 1.42. The Hall–Kier alpha value is -1.92. The summed E-state index contributed by atoms with van der Waals surface area (Å²) in [7, 11) is 5.05. The van der Waals surface area contributed by atoms with E-state index in [1.54, 1.807) is 18.8 Å². The van der Waals surface area contributed by atoms with Gasteiger partial charge in [0.25, 0.3) is 0 Å². The van der Waals surface area contributed by atoms with Crippen molar-refractivity contribution in [3.8, 4) is 0 Å². The Labute approximate surface area is 102 Å². The van der Waals surface area contributed by atoms with E-state index >= 15 is 0 Å². The summed E-state index contributed by atoms with van der Waals surface area (Å²) in [4.78, 5) is 19.4. The Morgan fingerprint density at radius 3 is 1.59 bits per heavy atom. The molecule has 0 saturated heterocycles. The van der Waals surface area contributed by atoms with Crippen molar-refractivity contribution < 1.29 is 9.59 Å². The van der Waals surface area contributed by atoms with Crippen LogP contribution in [-0.4, -0.2) is 40.9 Å². The van der Waals surface area contributed by atoms with E-state index in [0.29, 0.717) is 0 Å². The van der Waals surface area contributed by atoms with E-state index in [4.69, 9.17) is 0 Å². The maximum Gasteiger partial charge on any atom is 0.216 e. The smallest absolute Gasteiger partial charge is 0.216 e. The van der Waals surface area contributed by atoms with Crippen molar-refractivity contribution in [3.05, 3.63) is 11.9 Å². The SMILES string of the molecule is CNC(C)=O.CNC(C)=O.Cc1cn(C)nn1. The van der Waals surface area contributed by atoms with Crippen LogP contribution in [0.4, 0.5) is 0 Å². The first-order valence-electron chi connectivity index (χ1n) is 5.03. The molecule has 0 bridgehead atoms. The van der Waals surface area contributed by atoms with E-state index in [0.717, 1.165) is 5.69 Å². The van der Waals surface area contributed by atoms with Crippen LogP contribution in [0.3, 0.4) is 0 Å². The molecule has 1 heterocycles. The van der Waals surface area contributed by atoms with Crippen LogP contribution >= 0.6 is 0 Å². The lowest BCUT2D eigenvalue weighted by molar-refractivity contribution is -0.119. The number of nitrogens with one attached hydrogen (secondary N) is 2. The Balaban J connectivity index is 0. The maximum atomic E-state index is 9.70. The van der Waals surface area contributed by atoms with Crippen LogP contribution in [0.5, 0.6) is 0 Å². The number of aryl methyl sites for hydroxylation is 2. The summed E-state index contributed by atoms with van der Waals surface area (Å²) in [6, 6.07) is 0. The summed E-state index contributed by atoms with van der Waals surface area (Å²) in [5, 5.41) is 12.2. The van der Waals surface area contributed by atoms with Crippen molar-refractivity contribution in [2.45, 2.75) is 20.8 Å². The number of hydrogen-bond acceptors (Lipinski definition) is 4. The van der Waals surface area contributed by atoms with Gasteiger partial charge in [0.15, 0.2) is 0 Å². The molecule has 7 heteroatoms. The monoisotopic (exact) mass is 243 g/mol. The minimum absolute atomic E-state index is 0.00463. The molecule has 0 aliphatic rings. The van der Waals surface area contributed by atoms with E-state index in [9.17, 15) is 9.59 Å². The van der Waals surface area contributed by atoms with Crippen molar-refractivity contribution in [3.63, 3.8) is 0 Å². The number of nitrogens with zero attached hydrogens (tertiary/aromatic N) is 3. The van der Waals surface area contributed by atoms with E-state index in [2.05, 4.69) is 20.9 Å². The average molecular weight is 243 g/mol. The Kier molecular flexibility index (Phi) is 10.9. The fourth-order valence-corrected chi connectivity index (χ4v) is 0.463. The second-order valence-corrected chi connectivity index (χ2v) is 3.15. The van der Waals surface area contributed by atoms with Crippen LogP contribution < -0.4 is 10.6 Å². The highest BCUT2D eigenvalue weighted by atomic mass is 16.1. The zero-order valence-electron chi connectivity index (χ0n) is 11.2. The van der Waals surface area contributed by atoms with Gasteiger partial charge in [0.05, 0.1) is 5.69 Å². The molecule has 0 unspecified atom stereocenters. The van der Waals surface area contributed by atoms with Gasteiger partial charge in [0.1, 0.15) is 0 Å². The molecule has 1 rings (SSSR count). The van der Waals surface area contributed by atoms with Gasteiger partial charge in [-0.3, -0.25) is 14.3 Å². The fourth-order valence-electron chi connectivity index (χ4n) is 0.463. The van der Waals surface area contributed by atoms with Crippen LogP contribution in [0.1, 0.15) is 19.5 Å². The summed E-state index contributed by atoms with van der Waals surface area (Å²) >= 11 is 0. The molecule has 17 heavy (non-hydrogen) atoms. The third kappa shape index (κ3) is 16.7. The minimum Gasteiger partial charge on any atom is -0.359 e. The number of amides is 2. The lowest BCUT2D eigenvalue weighted by Gasteiger charge is -1.80.